The van der Waals surface area contributed by atoms with E-state index in [2.05, 4.69) is 5.32 Å². The van der Waals surface area contributed by atoms with Gasteiger partial charge in [-0.05, 0) is 54.6 Å². The van der Waals surface area contributed by atoms with E-state index < -0.39 is 15.9 Å². The van der Waals surface area contributed by atoms with Crippen molar-refractivity contribution in [3.63, 3.8) is 0 Å². The molecule has 30 heavy (non-hydrogen) atoms. The van der Waals surface area contributed by atoms with Gasteiger partial charge in [0.2, 0.25) is 10.0 Å². The lowest BCUT2D eigenvalue weighted by Crippen LogP contribution is -2.15. The standard InChI is InChI=1S/C20H16Cl2N2O5S/c21-12-28-14-7-9-15(10-8-14)29-19-17(5-2-6-18(19)22)20(25)24-13-3-1-4-16(11-13)30(23,26)27/h1-11H,12H2,(H,24,25)(H2,23,26,27). The average Bonchev–Trinajstić information content (AvgIpc) is 2.70. The third kappa shape index (κ3) is 5.43. The van der Waals surface area contributed by atoms with Gasteiger partial charge in [0.1, 0.15) is 11.5 Å². The highest BCUT2D eigenvalue weighted by atomic mass is 35.5. The van der Waals surface area contributed by atoms with Crippen LogP contribution in [0.1, 0.15) is 10.4 Å². The maximum Gasteiger partial charge on any atom is 0.259 e. The molecule has 0 unspecified atom stereocenters. The number of anilines is 1. The largest absolute Gasteiger partial charge is 0.478 e. The van der Waals surface area contributed by atoms with E-state index in [4.69, 9.17) is 37.8 Å². The number of carbonyl (C=O) groups excluding carboxylic acids is 1. The van der Waals surface area contributed by atoms with Gasteiger partial charge in [0, 0.05) is 5.69 Å². The molecule has 0 spiro atoms. The molecular weight excluding hydrogens is 451 g/mol. The van der Waals surface area contributed by atoms with Gasteiger partial charge >= 0.3 is 0 Å². The molecule has 0 aromatic heterocycles. The summed E-state index contributed by atoms with van der Waals surface area (Å²) in [5.41, 5.74) is 0.407. The summed E-state index contributed by atoms with van der Waals surface area (Å²) in [5, 5.41) is 7.97. The first-order valence-corrected chi connectivity index (χ1v) is 10.9. The molecule has 7 nitrogen and oxygen atoms in total. The average molecular weight is 467 g/mol. The lowest BCUT2D eigenvalue weighted by atomic mass is 10.1. The molecule has 0 aliphatic carbocycles. The van der Waals surface area contributed by atoms with Gasteiger partial charge in [-0.2, -0.15) is 0 Å². The van der Waals surface area contributed by atoms with Crippen LogP contribution in [0.5, 0.6) is 17.2 Å². The van der Waals surface area contributed by atoms with Gasteiger partial charge in [0.05, 0.1) is 15.5 Å². The first kappa shape index (κ1) is 21.9. The predicted molar refractivity (Wildman–Crippen MR) is 115 cm³/mol. The number of nitrogens with one attached hydrogen (secondary N) is 1. The van der Waals surface area contributed by atoms with E-state index in [1.165, 1.54) is 30.3 Å². The molecule has 3 aromatic carbocycles. The van der Waals surface area contributed by atoms with Crippen LogP contribution in [0.2, 0.25) is 5.02 Å². The van der Waals surface area contributed by atoms with Crippen molar-refractivity contribution in [3.05, 3.63) is 77.3 Å². The highest BCUT2D eigenvalue weighted by molar-refractivity contribution is 7.89. The number of primary sulfonamides is 1. The van der Waals surface area contributed by atoms with Crippen LogP contribution in [0.4, 0.5) is 5.69 Å². The predicted octanol–water partition coefficient (Wildman–Crippen LogP) is 4.61. The van der Waals surface area contributed by atoms with E-state index in [1.54, 1.807) is 36.4 Å². The fraction of sp³-hybridized carbons (Fsp3) is 0.0500. The first-order chi connectivity index (χ1) is 14.3. The van der Waals surface area contributed by atoms with Crippen LogP contribution in [0.3, 0.4) is 0 Å². The quantitative estimate of drug-likeness (QED) is 0.494. The van der Waals surface area contributed by atoms with Gasteiger partial charge < -0.3 is 14.8 Å². The van der Waals surface area contributed by atoms with E-state index in [0.717, 1.165) is 0 Å². The molecule has 1 amide bonds. The monoisotopic (exact) mass is 466 g/mol. The number of halogens is 2. The molecule has 3 aromatic rings. The molecule has 0 heterocycles. The van der Waals surface area contributed by atoms with Crippen LogP contribution in [-0.2, 0) is 10.0 Å². The topological polar surface area (TPSA) is 108 Å². The number of hydrogen-bond acceptors (Lipinski definition) is 5. The molecule has 0 radical (unpaired) electrons. The van der Waals surface area contributed by atoms with Gasteiger partial charge in [-0.1, -0.05) is 35.3 Å². The Balaban J connectivity index is 1.86. The number of hydrogen-bond donors (Lipinski definition) is 2. The van der Waals surface area contributed by atoms with Crippen molar-refractivity contribution in [3.8, 4) is 17.2 Å². The summed E-state index contributed by atoms with van der Waals surface area (Å²) in [4.78, 5) is 12.7. The van der Waals surface area contributed by atoms with Crippen LogP contribution >= 0.6 is 23.2 Å². The van der Waals surface area contributed by atoms with Crippen molar-refractivity contribution in [1.82, 2.24) is 0 Å². The van der Waals surface area contributed by atoms with Crippen LogP contribution < -0.4 is 19.9 Å². The van der Waals surface area contributed by atoms with Gasteiger partial charge in [-0.15, -0.1) is 0 Å². The van der Waals surface area contributed by atoms with Gasteiger partial charge in [0.15, 0.2) is 11.8 Å². The Kier molecular flexibility index (Phi) is 6.84. The summed E-state index contributed by atoms with van der Waals surface area (Å²) in [6, 6.07) is 16.9. The highest BCUT2D eigenvalue weighted by Crippen LogP contribution is 2.34. The third-order valence-electron chi connectivity index (χ3n) is 3.90. The smallest absolute Gasteiger partial charge is 0.259 e. The fourth-order valence-electron chi connectivity index (χ4n) is 2.53. The number of nitrogens with two attached hydrogens (primary N) is 1. The van der Waals surface area contributed by atoms with Crippen LogP contribution in [0.15, 0.2) is 71.6 Å². The zero-order valence-electron chi connectivity index (χ0n) is 15.3. The molecule has 156 valence electrons. The number of rotatable bonds is 7. The summed E-state index contributed by atoms with van der Waals surface area (Å²) >= 11 is 11.8. The molecule has 0 atom stereocenters. The number of para-hydroxylation sites is 1. The van der Waals surface area contributed by atoms with E-state index in [0.29, 0.717) is 11.5 Å². The molecule has 0 fully saturated rings. The molecule has 0 saturated carbocycles. The number of amides is 1. The minimum Gasteiger partial charge on any atom is -0.478 e. The van der Waals surface area contributed by atoms with Crippen molar-refractivity contribution in [2.24, 2.45) is 5.14 Å². The number of carbonyl (C=O) groups is 1. The SMILES string of the molecule is NS(=O)(=O)c1cccc(NC(=O)c2cccc(Cl)c2Oc2ccc(OCCl)cc2)c1. The van der Waals surface area contributed by atoms with Crippen molar-refractivity contribution >= 4 is 44.8 Å². The number of ether oxygens (including phenoxy) is 2. The molecule has 10 heteroatoms. The second-order valence-corrected chi connectivity index (χ2v) is 8.16. The Morgan fingerprint density at radius 2 is 1.67 bits per heavy atom. The van der Waals surface area contributed by atoms with Gasteiger partial charge in [-0.25, -0.2) is 13.6 Å². The third-order valence-corrected chi connectivity index (χ3v) is 5.21. The molecule has 0 bridgehead atoms. The van der Waals surface area contributed by atoms with Crippen molar-refractivity contribution in [1.29, 1.82) is 0 Å². The Bertz CT molecular complexity index is 1170. The van der Waals surface area contributed by atoms with Gasteiger partial charge in [0.25, 0.3) is 5.91 Å². The summed E-state index contributed by atoms with van der Waals surface area (Å²) < 4.78 is 34.0. The lowest BCUT2D eigenvalue weighted by molar-refractivity contribution is 0.102. The van der Waals surface area contributed by atoms with Crippen LogP contribution in [0.25, 0.3) is 0 Å². The van der Waals surface area contributed by atoms with Crippen LogP contribution in [-0.4, -0.2) is 20.4 Å². The number of benzene rings is 3. The second kappa shape index (κ2) is 9.36. The van der Waals surface area contributed by atoms with Crippen molar-refractivity contribution < 1.29 is 22.7 Å². The van der Waals surface area contributed by atoms with E-state index >= 15 is 0 Å². The fourth-order valence-corrected chi connectivity index (χ4v) is 3.42. The molecule has 0 aliphatic heterocycles. The normalized spacial score (nSPS) is 11.0. The summed E-state index contributed by atoms with van der Waals surface area (Å²) in [6.07, 6.45) is 0. The second-order valence-electron chi connectivity index (χ2n) is 5.97. The van der Waals surface area contributed by atoms with E-state index in [-0.39, 0.29) is 33.0 Å². The Morgan fingerprint density at radius 1 is 1.00 bits per heavy atom. The van der Waals surface area contributed by atoms with E-state index in [1.807, 2.05) is 0 Å². The summed E-state index contributed by atoms with van der Waals surface area (Å²) in [5.74, 6) is 0.589. The maximum atomic E-state index is 12.8. The Morgan fingerprint density at radius 3 is 2.33 bits per heavy atom. The molecular formula is C20H16Cl2N2O5S. The zero-order valence-corrected chi connectivity index (χ0v) is 17.7. The molecule has 0 saturated heterocycles. The Labute approximate surface area is 183 Å². The van der Waals surface area contributed by atoms with Crippen LogP contribution in [0, 0.1) is 0 Å². The van der Waals surface area contributed by atoms with Crippen molar-refractivity contribution in [2.45, 2.75) is 4.90 Å². The first-order valence-electron chi connectivity index (χ1n) is 8.47. The minimum absolute atomic E-state index is 0.0156. The molecule has 3 N–H and O–H groups in total. The summed E-state index contributed by atoms with van der Waals surface area (Å²) in [6.45, 7) is 0. The lowest BCUT2D eigenvalue weighted by Gasteiger charge is -2.14. The van der Waals surface area contributed by atoms with Crippen molar-refractivity contribution in [2.75, 3.05) is 11.4 Å². The maximum absolute atomic E-state index is 12.8. The minimum atomic E-state index is -3.90. The molecule has 3 rings (SSSR count). The number of alkyl halides is 1. The summed E-state index contributed by atoms with van der Waals surface area (Å²) in [7, 11) is -3.90. The van der Waals surface area contributed by atoms with Gasteiger partial charge in [-0.3, -0.25) is 4.79 Å². The zero-order chi connectivity index (χ0) is 21.7. The number of sulfonamides is 1. The van der Waals surface area contributed by atoms with E-state index in [9.17, 15) is 13.2 Å². The molecule has 0 aliphatic rings. The highest BCUT2D eigenvalue weighted by Gasteiger charge is 2.18. The Hall–Kier alpha value is -2.78.